The summed E-state index contributed by atoms with van der Waals surface area (Å²) in [5.41, 5.74) is 0. The molecule has 0 aliphatic rings. The highest BCUT2D eigenvalue weighted by Gasteiger charge is 2.28. The summed E-state index contributed by atoms with van der Waals surface area (Å²) in [7, 11) is -9.69. The summed E-state index contributed by atoms with van der Waals surface area (Å²) in [5.74, 6) is -1.08. The number of rotatable bonds is 41. The molecule has 0 fully saturated rings. The molecule has 0 saturated heterocycles. The zero-order valence-corrected chi connectivity index (χ0v) is 37.9. The van der Waals surface area contributed by atoms with E-state index in [-0.39, 0.29) is 12.8 Å². The van der Waals surface area contributed by atoms with Crippen LogP contribution in [0.15, 0.2) is 60.8 Å². The molecule has 0 aliphatic carbocycles. The van der Waals surface area contributed by atoms with E-state index in [1.54, 1.807) is 0 Å². The van der Waals surface area contributed by atoms with Crippen LogP contribution in [-0.2, 0) is 41.8 Å². The number of hydrogen-bond acceptors (Lipinski definition) is 10. The van der Waals surface area contributed by atoms with Gasteiger partial charge in [-0.15, -0.1) is 0 Å². The summed E-state index contributed by atoms with van der Waals surface area (Å²) in [6.45, 7) is 1.66. The number of carbonyl (C=O) groups excluding carboxylic acids is 2. The van der Waals surface area contributed by atoms with Crippen molar-refractivity contribution in [2.24, 2.45) is 0 Å². The van der Waals surface area contributed by atoms with Gasteiger partial charge in [-0.2, -0.15) is 0 Å². The van der Waals surface area contributed by atoms with Crippen LogP contribution in [0.1, 0.15) is 168 Å². The van der Waals surface area contributed by atoms with Crippen molar-refractivity contribution < 1.29 is 61.6 Å². The van der Waals surface area contributed by atoms with Crippen LogP contribution >= 0.6 is 15.6 Å². The van der Waals surface area contributed by atoms with E-state index in [0.29, 0.717) is 12.8 Å². The van der Waals surface area contributed by atoms with Gasteiger partial charge in [-0.3, -0.25) is 23.2 Å². The molecule has 0 rings (SSSR count). The molecule has 0 aliphatic heterocycles. The lowest BCUT2D eigenvalue weighted by molar-refractivity contribution is -0.161. The molecule has 0 aromatic carbocycles. The molecule has 13 nitrogen and oxygen atoms in total. The second-order valence-corrected chi connectivity index (χ2v) is 17.3. The fraction of sp³-hybridized carbons (Fsp3) is 0.727. The lowest BCUT2D eigenvalue weighted by Crippen LogP contribution is -2.30. The number of hydrogen-bond donors (Lipinski definition) is 4. The Balaban J connectivity index is 4.59. The van der Waals surface area contributed by atoms with Crippen LogP contribution in [-0.4, -0.2) is 70.4 Å². The third-order valence-electron chi connectivity index (χ3n) is 8.87. The van der Waals surface area contributed by atoms with Gasteiger partial charge in [0.25, 0.3) is 0 Å². The monoisotopic (exact) mass is 876 g/mol. The average Bonchev–Trinajstić information content (AvgIpc) is 3.19. The molecular weight excluding hydrogens is 798 g/mol. The first-order valence-electron chi connectivity index (χ1n) is 22.0. The first-order chi connectivity index (χ1) is 28.4. The molecule has 0 aromatic heterocycles. The van der Waals surface area contributed by atoms with Crippen LogP contribution in [0.2, 0.25) is 0 Å². The van der Waals surface area contributed by atoms with Crippen molar-refractivity contribution in [1.82, 2.24) is 0 Å². The SMILES string of the molecule is CCCCC/C=C\C/C=C\C/C=C\CCCCCCC(=O)O[C@H](COC(=O)CCCCCCC/C=C\C/C=C\CCCCC)COP(=O)(O)OC[C@@H](O)COP(=O)(O)O. The molecule has 4 N–H and O–H groups in total. The van der Waals surface area contributed by atoms with Crippen LogP contribution < -0.4 is 0 Å². The number of phosphoric ester groups is 2. The van der Waals surface area contributed by atoms with Crippen molar-refractivity contribution in [2.75, 3.05) is 26.4 Å². The van der Waals surface area contributed by atoms with Crippen LogP contribution in [0, 0.1) is 0 Å². The van der Waals surface area contributed by atoms with E-state index in [1.807, 2.05) is 0 Å². The zero-order chi connectivity index (χ0) is 43.7. The Labute approximate surface area is 355 Å². The highest BCUT2D eigenvalue weighted by atomic mass is 31.2. The predicted octanol–water partition coefficient (Wildman–Crippen LogP) is 11.2. The Morgan fingerprint density at radius 3 is 1.36 bits per heavy atom. The summed E-state index contributed by atoms with van der Waals surface area (Å²) < 4.78 is 47.7. The van der Waals surface area contributed by atoms with Gasteiger partial charge in [-0.1, -0.05) is 132 Å². The molecule has 1 unspecified atom stereocenters. The fourth-order valence-electron chi connectivity index (χ4n) is 5.50. The zero-order valence-electron chi connectivity index (χ0n) is 36.1. The number of carbonyl (C=O) groups is 2. The standard InChI is InChI=1S/C44H78O13P2/c1-3-5-7-9-11-13-15-17-19-20-22-24-26-28-30-32-34-36-44(47)57-42(40-56-59(51,52)55-38-41(45)37-54-58(48,49)50)39-53-43(46)35-33-31-29-27-25-23-21-18-16-14-12-10-8-6-4-2/h11-14,17-19,21-22,24,41-42,45H,3-10,15-16,20,23,25-40H2,1-2H3,(H,51,52)(H2,48,49,50)/b13-11-,14-12-,19-17-,21-18-,24-22-/t41-,42+/m0/s1. The Morgan fingerprint density at radius 1 is 0.492 bits per heavy atom. The predicted molar refractivity (Wildman–Crippen MR) is 234 cm³/mol. The van der Waals surface area contributed by atoms with E-state index in [4.69, 9.17) is 23.8 Å². The molecule has 342 valence electrons. The fourth-order valence-corrected chi connectivity index (χ4v) is 6.66. The van der Waals surface area contributed by atoms with Crippen LogP contribution in [0.5, 0.6) is 0 Å². The molecule has 0 aromatic rings. The lowest BCUT2D eigenvalue weighted by atomic mass is 10.1. The van der Waals surface area contributed by atoms with Crippen molar-refractivity contribution in [1.29, 1.82) is 0 Å². The van der Waals surface area contributed by atoms with Crippen LogP contribution in [0.3, 0.4) is 0 Å². The lowest BCUT2D eigenvalue weighted by Gasteiger charge is -2.20. The maximum Gasteiger partial charge on any atom is 0.472 e. The number of allylic oxidation sites excluding steroid dienone is 10. The maximum atomic E-state index is 12.7. The van der Waals surface area contributed by atoms with Crippen molar-refractivity contribution in [3.8, 4) is 0 Å². The molecule has 15 heteroatoms. The number of phosphoric acid groups is 2. The first-order valence-corrected chi connectivity index (χ1v) is 25.0. The van der Waals surface area contributed by atoms with Gasteiger partial charge < -0.3 is 29.3 Å². The van der Waals surface area contributed by atoms with Crippen molar-refractivity contribution >= 4 is 27.6 Å². The van der Waals surface area contributed by atoms with Crippen molar-refractivity contribution in [3.63, 3.8) is 0 Å². The van der Waals surface area contributed by atoms with E-state index < -0.39 is 66.2 Å². The number of ether oxygens (including phenoxy) is 2. The highest BCUT2D eigenvalue weighted by Crippen LogP contribution is 2.43. The van der Waals surface area contributed by atoms with E-state index in [0.717, 1.165) is 89.9 Å². The third-order valence-corrected chi connectivity index (χ3v) is 10.3. The van der Waals surface area contributed by atoms with Crippen molar-refractivity contribution in [3.05, 3.63) is 60.8 Å². The summed E-state index contributed by atoms with van der Waals surface area (Å²) in [4.78, 5) is 52.7. The van der Waals surface area contributed by atoms with Gasteiger partial charge in [-0.05, 0) is 83.5 Å². The molecule has 0 spiro atoms. The molecule has 0 bridgehead atoms. The number of unbranched alkanes of at least 4 members (excludes halogenated alkanes) is 15. The minimum Gasteiger partial charge on any atom is -0.462 e. The molecule has 0 amide bonds. The molecular formula is C44H78O13P2. The highest BCUT2D eigenvalue weighted by molar-refractivity contribution is 7.47. The second kappa shape index (κ2) is 39.9. The Kier molecular flexibility index (Phi) is 38.5. The van der Waals surface area contributed by atoms with Crippen LogP contribution in [0.4, 0.5) is 0 Å². The number of esters is 2. The average molecular weight is 877 g/mol. The largest absolute Gasteiger partial charge is 0.472 e. The second-order valence-electron chi connectivity index (χ2n) is 14.6. The minimum atomic E-state index is -4.87. The van der Waals surface area contributed by atoms with E-state index in [1.165, 1.54) is 38.5 Å². The maximum absolute atomic E-state index is 12.7. The van der Waals surface area contributed by atoms with Gasteiger partial charge in [-0.25, -0.2) is 9.13 Å². The Hall–Kier alpha value is -2.18. The van der Waals surface area contributed by atoms with E-state index in [9.17, 15) is 28.7 Å². The quantitative estimate of drug-likeness (QED) is 0.0196. The summed E-state index contributed by atoms with van der Waals surface area (Å²) >= 11 is 0. The van der Waals surface area contributed by atoms with Gasteiger partial charge in [0.1, 0.15) is 12.7 Å². The first kappa shape index (κ1) is 56.8. The normalized spacial score (nSPS) is 14.6. The summed E-state index contributed by atoms with van der Waals surface area (Å²) in [6.07, 6.45) is 42.0. The molecule has 0 heterocycles. The summed E-state index contributed by atoms with van der Waals surface area (Å²) in [6, 6.07) is 0. The van der Waals surface area contributed by atoms with E-state index >= 15 is 0 Å². The Bertz CT molecular complexity index is 1280. The Morgan fingerprint density at radius 2 is 0.881 bits per heavy atom. The number of aliphatic hydroxyl groups is 1. The van der Waals surface area contributed by atoms with Gasteiger partial charge in [0.15, 0.2) is 6.10 Å². The van der Waals surface area contributed by atoms with Gasteiger partial charge in [0.2, 0.25) is 0 Å². The molecule has 0 saturated carbocycles. The topological polar surface area (TPSA) is 195 Å². The minimum absolute atomic E-state index is 0.100. The van der Waals surface area contributed by atoms with Gasteiger partial charge in [0.05, 0.1) is 19.8 Å². The smallest absolute Gasteiger partial charge is 0.462 e. The molecule has 59 heavy (non-hydrogen) atoms. The van der Waals surface area contributed by atoms with Crippen molar-refractivity contribution in [2.45, 2.75) is 180 Å². The van der Waals surface area contributed by atoms with Crippen LogP contribution in [0.25, 0.3) is 0 Å². The van der Waals surface area contributed by atoms with Gasteiger partial charge >= 0.3 is 27.6 Å². The summed E-state index contributed by atoms with van der Waals surface area (Å²) in [5, 5.41) is 9.74. The van der Waals surface area contributed by atoms with E-state index in [2.05, 4.69) is 83.7 Å². The van der Waals surface area contributed by atoms with Gasteiger partial charge in [0, 0.05) is 12.8 Å². The third kappa shape index (κ3) is 43.7. The molecule has 3 atom stereocenters. The molecule has 0 radical (unpaired) electrons. The number of aliphatic hydroxyl groups excluding tert-OH is 1.